The van der Waals surface area contributed by atoms with Crippen LogP contribution in [0.3, 0.4) is 0 Å². The number of nitrogens with one attached hydrogen (secondary N) is 1. The summed E-state index contributed by atoms with van der Waals surface area (Å²) in [4.78, 5) is 25.6. The van der Waals surface area contributed by atoms with Crippen LogP contribution >= 0.6 is 11.3 Å². The fourth-order valence-electron chi connectivity index (χ4n) is 4.10. The van der Waals surface area contributed by atoms with Crippen molar-refractivity contribution >= 4 is 33.1 Å². The van der Waals surface area contributed by atoms with Gasteiger partial charge in [-0.3, -0.25) is 9.59 Å². The molecule has 2 heterocycles. The molecule has 34 heavy (non-hydrogen) atoms. The van der Waals surface area contributed by atoms with Crippen molar-refractivity contribution in [2.45, 2.75) is 62.6 Å². The minimum Gasteiger partial charge on any atom is -0.497 e. The Morgan fingerprint density at radius 2 is 1.88 bits per heavy atom. The van der Waals surface area contributed by atoms with Crippen molar-refractivity contribution in [3.05, 3.63) is 46.8 Å². The fourth-order valence-corrected chi connectivity index (χ4v) is 7.02. The first-order chi connectivity index (χ1) is 16.3. The molecule has 186 valence electrons. The van der Waals surface area contributed by atoms with E-state index in [1.54, 1.807) is 43.5 Å². The molecular weight excluding hydrogens is 472 g/mol. The van der Waals surface area contributed by atoms with Gasteiger partial charge in [0.1, 0.15) is 15.7 Å². The van der Waals surface area contributed by atoms with E-state index in [-0.39, 0.29) is 28.4 Å². The van der Waals surface area contributed by atoms with Gasteiger partial charge in [-0.1, -0.05) is 32.3 Å². The third-order valence-corrected chi connectivity index (χ3v) is 9.62. The van der Waals surface area contributed by atoms with Crippen LogP contribution in [0.5, 0.6) is 5.75 Å². The van der Waals surface area contributed by atoms with Crippen molar-refractivity contribution in [3.8, 4) is 5.75 Å². The van der Waals surface area contributed by atoms with Crippen LogP contribution < -0.4 is 10.1 Å². The third kappa shape index (κ3) is 6.90. The van der Waals surface area contributed by atoms with Crippen molar-refractivity contribution in [2.24, 2.45) is 5.92 Å². The Morgan fingerprint density at radius 3 is 2.59 bits per heavy atom. The van der Waals surface area contributed by atoms with E-state index in [0.717, 1.165) is 30.6 Å². The molecular formula is C25H34N2O5S2. The predicted molar refractivity (Wildman–Crippen MR) is 134 cm³/mol. The molecule has 3 rings (SSSR count). The summed E-state index contributed by atoms with van der Waals surface area (Å²) >= 11 is 1.17. The zero-order chi connectivity index (χ0) is 24.6. The lowest BCUT2D eigenvalue weighted by atomic mass is 9.90. The summed E-state index contributed by atoms with van der Waals surface area (Å²) in [6, 6.07) is 10.2. The van der Waals surface area contributed by atoms with Gasteiger partial charge in [0.25, 0.3) is 15.9 Å². The molecule has 1 fully saturated rings. The van der Waals surface area contributed by atoms with Gasteiger partial charge < -0.3 is 10.1 Å². The molecule has 0 saturated carbocycles. The van der Waals surface area contributed by atoms with Gasteiger partial charge in [0, 0.05) is 35.9 Å². The van der Waals surface area contributed by atoms with Crippen LogP contribution in [0.1, 0.15) is 67.1 Å². The minimum atomic E-state index is -3.60. The number of benzene rings is 1. The monoisotopic (exact) mass is 506 g/mol. The molecule has 1 saturated heterocycles. The van der Waals surface area contributed by atoms with Crippen LogP contribution in [0.4, 0.5) is 0 Å². The summed E-state index contributed by atoms with van der Waals surface area (Å²) in [6.07, 6.45) is 6.07. The van der Waals surface area contributed by atoms with Crippen LogP contribution in [0.15, 0.2) is 40.6 Å². The van der Waals surface area contributed by atoms with Gasteiger partial charge in [-0.25, -0.2) is 8.42 Å². The van der Waals surface area contributed by atoms with Gasteiger partial charge in [0.2, 0.25) is 0 Å². The molecule has 0 spiro atoms. The van der Waals surface area contributed by atoms with Crippen LogP contribution in [-0.4, -0.2) is 44.6 Å². The predicted octanol–water partition coefficient (Wildman–Crippen LogP) is 4.63. The Balaban J connectivity index is 1.51. The van der Waals surface area contributed by atoms with Gasteiger partial charge in [0.15, 0.2) is 0 Å². The number of Topliss-reactive ketones (excluding diaryl/α,β-unsaturated/α-hetero) is 1. The maximum Gasteiger partial charge on any atom is 0.252 e. The highest BCUT2D eigenvalue weighted by Gasteiger charge is 2.32. The molecule has 1 aliphatic rings. The van der Waals surface area contributed by atoms with E-state index in [2.05, 4.69) is 12.2 Å². The number of piperidine rings is 1. The molecule has 0 bridgehead atoms. The van der Waals surface area contributed by atoms with Gasteiger partial charge in [-0.15, -0.1) is 11.3 Å². The smallest absolute Gasteiger partial charge is 0.252 e. The van der Waals surface area contributed by atoms with E-state index in [0.29, 0.717) is 43.7 Å². The second-order valence-corrected chi connectivity index (χ2v) is 11.9. The Bertz CT molecular complexity index is 1070. The molecule has 0 unspecified atom stereocenters. The number of amides is 1. The van der Waals surface area contributed by atoms with Crippen LogP contribution in [0.25, 0.3) is 0 Å². The number of ketones is 1. The minimum absolute atomic E-state index is 0.0289. The number of ether oxygens (including phenoxy) is 1. The number of carbonyl (C=O) groups is 2. The Hall–Kier alpha value is -2.23. The number of hydrogen-bond donors (Lipinski definition) is 1. The number of nitrogens with zero attached hydrogens (tertiary/aromatic N) is 1. The highest BCUT2D eigenvalue weighted by Crippen LogP contribution is 2.29. The lowest BCUT2D eigenvalue weighted by molar-refractivity contribution is -0.124. The van der Waals surface area contributed by atoms with E-state index in [9.17, 15) is 18.0 Å². The second-order valence-electron chi connectivity index (χ2n) is 8.59. The van der Waals surface area contributed by atoms with Crippen molar-refractivity contribution in [3.63, 3.8) is 0 Å². The first-order valence-electron chi connectivity index (χ1n) is 11.9. The lowest BCUT2D eigenvalue weighted by Crippen LogP contribution is -2.39. The SMILES string of the molecule is CCCCCCC(=O)C1CCN(S(=O)(=O)c2ccc(CNC(=O)c3cccc(OC)c3)s2)CC1. The van der Waals surface area contributed by atoms with E-state index < -0.39 is 10.0 Å². The molecule has 0 atom stereocenters. The summed E-state index contributed by atoms with van der Waals surface area (Å²) in [5, 5.41) is 2.82. The number of methoxy groups -OCH3 is 1. The van der Waals surface area contributed by atoms with Crippen LogP contribution in [-0.2, 0) is 21.4 Å². The Kier molecular flexibility index (Phi) is 9.67. The van der Waals surface area contributed by atoms with Gasteiger partial charge in [-0.05, 0) is 49.6 Å². The summed E-state index contributed by atoms with van der Waals surface area (Å²) in [6.45, 7) is 3.12. The Morgan fingerprint density at radius 1 is 1.12 bits per heavy atom. The van der Waals surface area contributed by atoms with Crippen molar-refractivity contribution < 1.29 is 22.7 Å². The molecule has 1 aromatic heterocycles. The molecule has 0 aliphatic carbocycles. The molecule has 1 aromatic carbocycles. The second kappa shape index (κ2) is 12.5. The zero-order valence-electron chi connectivity index (χ0n) is 19.9. The molecule has 2 aromatic rings. The number of carbonyl (C=O) groups excluding carboxylic acids is 2. The third-order valence-electron chi connectivity index (χ3n) is 6.17. The molecule has 1 aliphatic heterocycles. The maximum absolute atomic E-state index is 13.1. The first-order valence-corrected chi connectivity index (χ1v) is 14.1. The highest BCUT2D eigenvalue weighted by molar-refractivity contribution is 7.91. The van der Waals surface area contributed by atoms with E-state index >= 15 is 0 Å². The van der Waals surface area contributed by atoms with Gasteiger partial charge >= 0.3 is 0 Å². The highest BCUT2D eigenvalue weighted by atomic mass is 32.2. The summed E-state index contributed by atoms with van der Waals surface area (Å²) < 4.78 is 33.1. The lowest BCUT2D eigenvalue weighted by Gasteiger charge is -2.30. The molecule has 0 radical (unpaired) electrons. The number of unbranched alkanes of at least 4 members (excludes halogenated alkanes) is 3. The zero-order valence-corrected chi connectivity index (χ0v) is 21.6. The van der Waals surface area contributed by atoms with E-state index in [1.165, 1.54) is 15.6 Å². The number of hydrogen-bond acceptors (Lipinski definition) is 6. The van der Waals surface area contributed by atoms with E-state index in [4.69, 9.17) is 4.74 Å². The van der Waals surface area contributed by atoms with Crippen LogP contribution in [0, 0.1) is 5.92 Å². The topological polar surface area (TPSA) is 92.8 Å². The standard InChI is InChI=1S/C25H34N2O5S2/c1-3-4-5-6-10-23(28)19-13-15-27(16-14-19)34(30,31)24-12-11-22(33-24)18-26-25(29)20-8-7-9-21(17-20)32-2/h7-9,11-12,17,19H,3-6,10,13-16,18H2,1-2H3,(H,26,29). The summed E-state index contributed by atoms with van der Waals surface area (Å²) in [7, 11) is -2.06. The van der Waals surface area contributed by atoms with Gasteiger partial charge in [0.05, 0.1) is 13.7 Å². The quantitative estimate of drug-likeness (QED) is 0.424. The van der Waals surface area contributed by atoms with Gasteiger partial charge in [-0.2, -0.15) is 4.31 Å². The molecule has 9 heteroatoms. The van der Waals surface area contributed by atoms with Crippen molar-refractivity contribution in [1.82, 2.24) is 9.62 Å². The van der Waals surface area contributed by atoms with E-state index in [1.807, 2.05) is 0 Å². The fraction of sp³-hybridized carbons (Fsp3) is 0.520. The Labute approximate surface area is 206 Å². The number of sulfonamides is 1. The van der Waals surface area contributed by atoms with Crippen molar-refractivity contribution in [2.75, 3.05) is 20.2 Å². The molecule has 1 N–H and O–H groups in total. The largest absolute Gasteiger partial charge is 0.497 e. The normalized spacial score (nSPS) is 15.2. The summed E-state index contributed by atoms with van der Waals surface area (Å²) in [5.41, 5.74) is 0.478. The van der Waals surface area contributed by atoms with Crippen molar-refractivity contribution in [1.29, 1.82) is 0 Å². The molecule has 1 amide bonds. The van der Waals surface area contributed by atoms with Crippen LogP contribution in [0.2, 0.25) is 0 Å². The number of rotatable bonds is 12. The number of thiophene rings is 1. The average molecular weight is 507 g/mol. The molecule has 7 nitrogen and oxygen atoms in total. The maximum atomic E-state index is 13.1. The summed E-state index contributed by atoms with van der Waals surface area (Å²) in [5.74, 6) is 0.592. The first kappa shape index (κ1) is 26.4. The average Bonchev–Trinajstić information content (AvgIpc) is 3.35.